The third-order valence-electron chi connectivity index (χ3n) is 3.09. The van der Waals surface area contributed by atoms with Gasteiger partial charge in [-0.1, -0.05) is 19.4 Å². The number of aryl methyl sites for hydroxylation is 1. The first-order valence-corrected chi connectivity index (χ1v) is 6.79. The summed E-state index contributed by atoms with van der Waals surface area (Å²) < 4.78 is 42.9. The second kappa shape index (κ2) is 7.33. The van der Waals surface area contributed by atoms with Gasteiger partial charge in [0.1, 0.15) is 12.3 Å². The number of unbranched alkanes of at least 4 members (excludes halogenated alkanes) is 1. The molecule has 1 aromatic rings. The number of hydrogen-bond donors (Lipinski definition) is 0. The monoisotopic (exact) mass is 303 g/mol. The average Bonchev–Trinajstić information content (AvgIpc) is 2.42. The molecule has 0 fully saturated rings. The van der Waals surface area contributed by atoms with Gasteiger partial charge in [0, 0.05) is 12.1 Å². The van der Waals surface area contributed by atoms with Crippen LogP contribution in [0.2, 0.25) is 0 Å². The van der Waals surface area contributed by atoms with Crippen LogP contribution in [-0.2, 0) is 0 Å². The van der Waals surface area contributed by atoms with Gasteiger partial charge in [0.2, 0.25) is 0 Å². The van der Waals surface area contributed by atoms with Crippen LogP contribution in [-0.4, -0.2) is 37.2 Å². The fraction of sp³-hybridized carbons (Fsp3) is 0.533. The summed E-state index contributed by atoms with van der Waals surface area (Å²) in [4.78, 5) is 13.1. The zero-order valence-electron chi connectivity index (χ0n) is 12.5. The Morgan fingerprint density at radius 3 is 2.52 bits per heavy atom. The largest absolute Gasteiger partial charge is 0.496 e. The van der Waals surface area contributed by atoms with E-state index in [1.165, 1.54) is 19.2 Å². The van der Waals surface area contributed by atoms with Crippen LogP contribution in [0.5, 0.6) is 5.75 Å². The van der Waals surface area contributed by atoms with Gasteiger partial charge >= 0.3 is 6.18 Å². The Morgan fingerprint density at radius 2 is 2.00 bits per heavy atom. The molecule has 21 heavy (non-hydrogen) atoms. The quantitative estimate of drug-likeness (QED) is 0.800. The Bertz CT molecular complexity index is 486. The van der Waals surface area contributed by atoms with Crippen molar-refractivity contribution in [3.8, 4) is 5.75 Å². The molecule has 118 valence electrons. The minimum absolute atomic E-state index is 0.0883. The molecule has 0 saturated carbocycles. The lowest BCUT2D eigenvalue weighted by atomic mass is 10.1. The summed E-state index contributed by atoms with van der Waals surface area (Å²) in [6.45, 7) is 2.52. The number of hydrogen-bond acceptors (Lipinski definition) is 2. The first-order chi connectivity index (χ1) is 9.78. The Morgan fingerprint density at radius 1 is 1.33 bits per heavy atom. The highest BCUT2D eigenvalue weighted by atomic mass is 19.4. The van der Waals surface area contributed by atoms with Crippen molar-refractivity contribution in [1.29, 1.82) is 0 Å². The number of carbonyl (C=O) groups excluding carboxylic acids is 1. The number of rotatable bonds is 6. The molecule has 6 heteroatoms. The van der Waals surface area contributed by atoms with Gasteiger partial charge in [-0.15, -0.1) is 0 Å². The SMILES string of the molecule is CCCCN(CC(F)(F)F)C(=O)c1ccc(C)c(OC)c1. The van der Waals surface area contributed by atoms with E-state index in [0.717, 1.165) is 16.9 Å². The predicted octanol–water partition coefficient (Wildman–Crippen LogP) is 3.81. The first kappa shape index (κ1) is 17.3. The lowest BCUT2D eigenvalue weighted by Gasteiger charge is -2.24. The van der Waals surface area contributed by atoms with Crippen molar-refractivity contribution < 1.29 is 22.7 Å². The predicted molar refractivity (Wildman–Crippen MR) is 74.6 cm³/mol. The van der Waals surface area contributed by atoms with E-state index in [0.29, 0.717) is 12.2 Å². The second-order valence-electron chi connectivity index (χ2n) is 4.88. The Balaban J connectivity index is 2.98. The van der Waals surface area contributed by atoms with Gasteiger partial charge in [-0.2, -0.15) is 13.2 Å². The molecule has 0 atom stereocenters. The van der Waals surface area contributed by atoms with E-state index in [9.17, 15) is 18.0 Å². The Kier molecular flexibility index (Phi) is 6.05. The zero-order chi connectivity index (χ0) is 16.0. The number of nitrogens with zero attached hydrogens (tertiary/aromatic N) is 1. The number of carbonyl (C=O) groups is 1. The molecular weight excluding hydrogens is 283 g/mol. The topological polar surface area (TPSA) is 29.5 Å². The molecule has 0 aliphatic carbocycles. The summed E-state index contributed by atoms with van der Waals surface area (Å²) in [5.74, 6) is -0.137. The summed E-state index contributed by atoms with van der Waals surface area (Å²) in [6, 6.07) is 4.67. The van der Waals surface area contributed by atoms with Crippen molar-refractivity contribution >= 4 is 5.91 Å². The van der Waals surface area contributed by atoms with Gasteiger partial charge in [-0.3, -0.25) is 4.79 Å². The van der Waals surface area contributed by atoms with E-state index in [-0.39, 0.29) is 12.1 Å². The van der Waals surface area contributed by atoms with Crippen LogP contribution in [0.1, 0.15) is 35.7 Å². The molecule has 0 aromatic heterocycles. The Hall–Kier alpha value is -1.72. The number of halogens is 3. The molecule has 0 aliphatic heterocycles. The maximum atomic E-state index is 12.6. The molecule has 0 saturated heterocycles. The van der Waals surface area contributed by atoms with Gasteiger partial charge in [0.05, 0.1) is 7.11 Å². The van der Waals surface area contributed by atoms with Crippen LogP contribution in [0, 0.1) is 6.92 Å². The van der Waals surface area contributed by atoms with Gasteiger partial charge in [-0.05, 0) is 31.0 Å². The van der Waals surface area contributed by atoms with Crippen molar-refractivity contribution in [2.24, 2.45) is 0 Å². The third kappa shape index (κ3) is 5.28. The molecule has 1 rings (SSSR count). The van der Waals surface area contributed by atoms with E-state index in [1.807, 2.05) is 6.92 Å². The van der Waals surface area contributed by atoms with Crippen LogP contribution < -0.4 is 4.74 Å². The van der Waals surface area contributed by atoms with Crippen molar-refractivity contribution in [2.75, 3.05) is 20.2 Å². The summed E-state index contributed by atoms with van der Waals surface area (Å²) in [6.07, 6.45) is -3.15. The van der Waals surface area contributed by atoms with Crippen LogP contribution >= 0.6 is 0 Å². The molecule has 1 aromatic carbocycles. The molecule has 0 aliphatic rings. The van der Waals surface area contributed by atoms with E-state index in [1.54, 1.807) is 13.0 Å². The fourth-order valence-electron chi connectivity index (χ4n) is 1.95. The summed E-state index contributed by atoms with van der Waals surface area (Å²) in [7, 11) is 1.46. The molecule has 3 nitrogen and oxygen atoms in total. The smallest absolute Gasteiger partial charge is 0.406 e. The average molecular weight is 303 g/mol. The highest BCUT2D eigenvalue weighted by molar-refractivity contribution is 5.94. The highest BCUT2D eigenvalue weighted by Gasteiger charge is 2.33. The zero-order valence-corrected chi connectivity index (χ0v) is 12.5. The Labute approximate surface area is 122 Å². The third-order valence-corrected chi connectivity index (χ3v) is 3.09. The molecule has 0 N–H and O–H groups in total. The van der Waals surface area contributed by atoms with Crippen molar-refractivity contribution in [2.45, 2.75) is 32.9 Å². The van der Waals surface area contributed by atoms with E-state index < -0.39 is 18.6 Å². The van der Waals surface area contributed by atoms with Crippen LogP contribution in [0.25, 0.3) is 0 Å². The van der Waals surface area contributed by atoms with Crippen LogP contribution in [0.15, 0.2) is 18.2 Å². The van der Waals surface area contributed by atoms with Gasteiger partial charge < -0.3 is 9.64 Å². The number of alkyl halides is 3. The van der Waals surface area contributed by atoms with Crippen LogP contribution in [0.3, 0.4) is 0 Å². The molecule has 0 spiro atoms. The van der Waals surface area contributed by atoms with Crippen LogP contribution in [0.4, 0.5) is 13.2 Å². The van der Waals surface area contributed by atoms with E-state index in [4.69, 9.17) is 4.74 Å². The molecule has 0 unspecified atom stereocenters. The van der Waals surface area contributed by atoms with Gasteiger partial charge in [-0.25, -0.2) is 0 Å². The standard InChI is InChI=1S/C15H20F3NO2/c1-4-5-8-19(10-15(16,17)18)14(20)12-7-6-11(2)13(9-12)21-3/h6-7,9H,4-5,8,10H2,1-3H3. The molecular formula is C15H20F3NO2. The fourth-order valence-corrected chi connectivity index (χ4v) is 1.95. The van der Waals surface area contributed by atoms with Crippen molar-refractivity contribution in [3.63, 3.8) is 0 Å². The molecule has 0 heterocycles. The lowest BCUT2D eigenvalue weighted by molar-refractivity contribution is -0.140. The molecule has 1 amide bonds. The highest BCUT2D eigenvalue weighted by Crippen LogP contribution is 2.22. The van der Waals surface area contributed by atoms with E-state index in [2.05, 4.69) is 0 Å². The maximum absolute atomic E-state index is 12.6. The molecule has 0 bridgehead atoms. The normalized spacial score (nSPS) is 11.3. The van der Waals surface area contributed by atoms with Gasteiger partial charge in [0.25, 0.3) is 5.91 Å². The first-order valence-electron chi connectivity index (χ1n) is 6.79. The summed E-state index contributed by atoms with van der Waals surface area (Å²) in [5, 5.41) is 0. The van der Waals surface area contributed by atoms with E-state index >= 15 is 0 Å². The minimum Gasteiger partial charge on any atom is -0.496 e. The number of methoxy groups -OCH3 is 1. The lowest BCUT2D eigenvalue weighted by Crippen LogP contribution is -2.39. The van der Waals surface area contributed by atoms with Gasteiger partial charge in [0.15, 0.2) is 0 Å². The summed E-state index contributed by atoms with van der Waals surface area (Å²) in [5.41, 5.74) is 1.03. The number of benzene rings is 1. The second-order valence-corrected chi connectivity index (χ2v) is 4.88. The maximum Gasteiger partial charge on any atom is 0.406 e. The minimum atomic E-state index is -4.40. The number of ether oxygens (including phenoxy) is 1. The molecule has 0 radical (unpaired) electrons. The summed E-state index contributed by atoms with van der Waals surface area (Å²) >= 11 is 0. The van der Waals surface area contributed by atoms with Crippen molar-refractivity contribution in [3.05, 3.63) is 29.3 Å². The van der Waals surface area contributed by atoms with Crippen molar-refractivity contribution in [1.82, 2.24) is 4.90 Å². The number of amides is 1.